The molecule has 1 aliphatic carbocycles. The summed E-state index contributed by atoms with van der Waals surface area (Å²) in [6.45, 7) is 7.31. The van der Waals surface area contributed by atoms with Crippen molar-refractivity contribution in [2.45, 2.75) is 56.3 Å². The molecule has 5 heteroatoms. The predicted octanol–water partition coefficient (Wildman–Crippen LogP) is 1.28. The average molecular weight is 281 g/mol. The summed E-state index contributed by atoms with van der Waals surface area (Å²) in [6, 6.07) is 0.638. The fraction of sp³-hybridized carbons (Fsp3) is 0.867. The lowest BCUT2D eigenvalue weighted by molar-refractivity contribution is -0.00718. The van der Waals surface area contributed by atoms with E-state index in [0.29, 0.717) is 31.1 Å². The first kappa shape index (κ1) is 13.1. The van der Waals surface area contributed by atoms with Crippen LogP contribution in [0.5, 0.6) is 0 Å². The number of epoxide rings is 3. The highest BCUT2D eigenvalue weighted by molar-refractivity contribution is 5.07. The zero-order valence-corrected chi connectivity index (χ0v) is 11.8. The smallest absolute Gasteiger partial charge is 0.178 e. The molecule has 5 nitrogen and oxygen atoms in total. The van der Waals surface area contributed by atoms with Crippen molar-refractivity contribution >= 4 is 0 Å². The summed E-state index contributed by atoms with van der Waals surface area (Å²) in [5.41, 5.74) is 0. The van der Waals surface area contributed by atoms with E-state index in [1.807, 2.05) is 0 Å². The molecule has 3 atom stereocenters. The molecule has 0 radical (unpaired) electrons. The van der Waals surface area contributed by atoms with Crippen molar-refractivity contribution in [2.24, 2.45) is 0 Å². The van der Waals surface area contributed by atoms with Crippen LogP contribution in [0.1, 0.15) is 25.7 Å². The van der Waals surface area contributed by atoms with Gasteiger partial charge in [0.15, 0.2) is 6.10 Å². The molecule has 3 saturated heterocycles. The number of rotatable bonds is 7. The van der Waals surface area contributed by atoms with Gasteiger partial charge in [-0.25, -0.2) is 0 Å². The van der Waals surface area contributed by atoms with E-state index < -0.39 is 0 Å². The molecular formula is C15H23NO4. The molecule has 0 spiro atoms. The van der Waals surface area contributed by atoms with E-state index >= 15 is 0 Å². The van der Waals surface area contributed by atoms with Gasteiger partial charge in [0.1, 0.15) is 12.0 Å². The van der Waals surface area contributed by atoms with Crippen molar-refractivity contribution in [2.75, 3.05) is 26.4 Å². The molecule has 20 heavy (non-hydrogen) atoms. The van der Waals surface area contributed by atoms with Crippen LogP contribution in [0.4, 0.5) is 0 Å². The lowest BCUT2D eigenvalue weighted by atomic mass is 9.91. The summed E-state index contributed by atoms with van der Waals surface area (Å²) < 4.78 is 22.0. The van der Waals surface area contributed by atoms with Crippen molar-refractivity contribution in [1.29, 1.82) is 0 Å². The highest BCUT2D eigenvalue weighted by Gasteiger charge is 2.40. The van der Waals surface area contributed by atoms with Crippen LogP contribution in [0.3, 0.4) is 0 Å². The van der Waals surface area contributed by atoms with Crippen LogP contribution in [0.2, 0.25) is 0 Å². The summed E-state index contributed by atoms with van der Waals surface area (Å²) in [6.07, 6.45) is 6.03. The van der Waals surface area contributed by atoms with Gasteiger partial charge >= 0.3 is 0 Å². The Hall–Kier alpha value is -0.620. The molecule has 3 heterocycles. The lowest BCUT2D eigenvalue weighted by Crippen LogP contribution is -2.43. The first-order valence-corrected chi connectivity index (χ1v) is 7.75. The molecule has 0 aromatic heterocycles. The maximum atomic E-state index is 5.91. The Labute approximate surface area is 119 Å². The minimum atomic E-state index is 0.163. The first-order valence-electron chi connectivity index (χ1n) is 7.75. The summed E-state index contributed by atoms with van der Waals surface area (Å²) in [5, 5.41) is 0. The Bertz CT molecular complexity index is 372. The number of hydrogen-bond donors (Lipinski definition) is 0. The largest absolute Gasteiger partial charge is 0.481 e. The fourth-order valence-corrected chi connectivity index (χ4v) is 3.19. The van der Waals surface area contributed by atoms with Gasteiger partial charge in [0.2, 0.25) is 0 Å². The van der Waals surface area contributed by atoms with E-state index in [2.05, 4.69) is 11.5 Å². The van der Waals surface area contributed by atoms with Gasteiger partial charge in [-0.3, -0.25) is 4.90 Å². The molecule has 0 N–H and O–H groups in total. The van der Waals surface area contributed by atoms with Gasteiger partial charge in [-0.1, -0.05) is 6.58 Å². The second-order valence-electron chi connectivity index (χ2n) is 6.28. The third-order valence-electron chi connectivity index (χ3n) is 4.69. The summed E-state index contributed by atoms with van der Waals surface area (Å²) >= 11 is 0. The molecular weight excluding hydrogens is 258 g/mol. The first-order chi connectivity index (χ1) is 9.79. The maximum Gasteiger partial charge on any atom is 0.178 e. The summed E-state index contributed by atoms with van der Waals surface area (Å²) in [4.78, 5) is 2.51. The fourth-order valence-electron chi connectivity index (χ4n) is 3.19. The van der Waals surface area contributed by atoms with Gasteiger partial charge in [0, 0.05) is 12.6 Å². The minimum absolute atomic E-state index is 0.163. The van der Waals surface area contributed by atoms with Crippen LogP contribution < -0.4 is 0 Å². The monoisotopic (exact) mass is 281 g/mol. The van der Waals surface area contributed by atoms with Crippen LogP contribution in [-0.4, -0.2) is 61.8 Å². The molecule has 112 valence electrons. The Morgan fingerprint density at radius 1 is 1.15 bits per heavy atom. The zero-order chi connectivity index (χ0) is 13.5. The second-order valence-corrected chi connectivity index (χ2v) is 6.28. The summed E-state index contributed by atoms with van der Waals surface area (Å²) in [7, 11) is 0. The van der Waals surface area contributed by atoms with Crippen LogP contribution >= 0.6 is 0 Å². The third-order valence-corrected chi connectivity index (χ3v) is 4.69. The van der Waals surface area contributed by atoms with E-state index in [9.17, 15) is 0 Å². The quantitative estimate of drug-likeness (QED) is 0.658. The average Bonchev–Trinajstić information content (AvgIpc) is 3.31. The van der Waals surface area contributed by atoms with E-state index in [4.69, 9.17) is 18.9 Å². The number of hydrogen-bond acceptors (Lipinski definition) is 5. The Morgan fingerprint density at radius 3 is 2.40 bits per heavy atom. The van der Waals surface area contributed by atoms with E-state index in [0.717, 1.165) is 38.4 Å². The molecule has 0 aromatic carbocycles. The zero-order valence-electron chi connectivity index (χ0n) is 11.8. The highest BCUT2D eigenvalue weighted by Crippen LogP contribution is 2.32. The van der Waals surface area contributed by atoms with Gasteiger partial charge in [-0.05, 0) is 25.7 Å². The highest BCUT2D eigenvalue weighted by atomic mass is 16.6. The molecule has 4 aliphatic rings. The van der Waals surface area contributed by atoms with Crippen molar-refractivity contribution < 1.29 is 18.9 Å². The van der Waals surface area contributed by atoms with Gasteiger partial charge in [-0.15, -0.1) is 0 Å². The Balaban J connectivity index is 1.22. The van der Waals surface area contributed by atoms with Gasteiger partial charge in [0.25, 0.3) is 0 Å². The second kappa shape index (κ2) is 5.30. The molecule has 4 fully saturated rings. The molecule has 3 aliphatic heterocycles. The molecule has 0 bridgehead atoms. The predicted molar refractivity (Wildman–Crippen MR) is 72.2 cm³/mol. The molecule has 0 amide bonds. The van der Waals surface area contributed by atoms with Crippen LogP contribution in [0.25, 0.3) is 0 Å². The minimum Gasteiger partial charge on any atom is -0.481 e. The lowest BCUT2D eigenvalue weighted by Gasteiger charge is -2.35. The van der Waals surface area contributed by atoms with Crippen molar-refractivity contribution in [3.63, 3.8) is 0 Å². The van der Waals surface area contributed by atoms with Crippen molar-refractivity contribution in [3.05, 3.63) is 12.3 Å². The maximum absolute atomic E-state index is 5.91. The molecule has 3 unspecified atom stereocenters. The Morgan fingerprint density at radius 2 is 1.85 bits per heavy atom. The van der Waals surface area contributed by atoms with E-state index in [1.54, 1.807) is 0 Å². The van der Waals surface area contributed by atoms with Gasteiger partial charge in [-0.2, -0.15) is 0 Å². The molecule has 0 aromatic rings. The SMILES string of the molecule is C=C1OC1COC1CCC(N(CC2CO2)C2CO2)CC1. The summed E-state index contributed by atoms with van der Waals surface area (Å²) in [5.74, 6) is 0.875. The van der Waals surface area contributed by atoms with E-state index in [1.165, 1.54) is 12.8 Å². The topological polar surface area (TPSA) is 50.1 Å². The van der Waals surface area contributed by atoms with Crippen LogP contribution in [0, 0.1) is 0 Å². The normalized spacial score (nSPS) is 42.5. The van der Waals surface area contributed by atoms with Crippen LogP contribution in [-0.2, 0) is 18.9 Å². The van der Waals surface area contributed by atoms with Crippen molar-refractivity contribution in [3.8, 4) is 0 Å². The van der Waals surface area contributed by atoms with Gasteiger partial charge < -0.3 is 18.9 Å². The number of ether oxygens (including phenoxy) is 4. The molecule has 1 saturated carbocycles. The third kappa shape index (κ3) is 3.17. The molecule has 4 rings (SSSR count). The van der Waals surface area contributed by atoms with Crippen LogP contribution in [0.15, 0.2) is 12.3 Å². The number of nitrogens with zero attached hydrogens (tertiary/aromatic N) is 1. The standard InChI is InChI=1S/C15H23NO4/c1-10-14(20-10)8-18-12-4-2-11(3-5-12)16(15-9-19-15)6-13-7-17-13/h11-15H,1-9H2. The Kier molecular flexibility index (Phi) is 3.46. The van der Waals surface area contributed by atoms with Crippen molar-refractivity contribution in [1.82, 2.24) is 4.90 Å². The van der Waals surface area contributed by atoms with E-state index in [-0.39, 0.29) is 6.10 Å². The van der Waals surface area contributed by atoms with Gasteiger partial charge in [0.05, 0.1) is 32.0 Å².